The van der Waals surface area contributed by atoms with Crippen LogP contribution in [0, 0.1) is 5.92 Å². The maximum atomic E-state index is 9.07. The second-order valence-corrected chi connectivity index (χ2v) is 5.86. The molecule has 6 heteroatoms. The van der Waals surface area contributed by atoms with Crippen molar-refractivity contribution in [3.63, 3.8) is 0 Å². The molecule has 1 unspecified atom stereocenters. The van der Waals surface area contributed by atoms with Crippen molar-refractivity contribution < 1.29 is 5.11 Å². The Morgan fingerprint density at radius 2 is 2.04 bits per heavy atom. The molecule has 134 valence electrons. The number of aliphatic hydroxyl groups is 1. The average molecular weight is 444 g/mol. The van der Waals surface area contributed by atoms with Gasteiger partial charge in [-0.3, -0.25) is 4.99 Å². The van der Waals surface area contributed by atoms with Crippen LogP contribution in [0.5, 0.6) is 0 Å². The summed E-state index contributed by atoms with van der Waals surface area (Å²) < 4.78 is 2.29. The van der Waals surface area contributed by atoms with E-state index >= 15 is 0 Å². The van der Waals surface area contributed by atoms with Crippen LogP contribution in [0.4, 0.5) is 0 Å². The van der Waals surface area contributed by atoms with Gasteiger partial charge in [-0.05, 0) is 36.8 Å². The molecule has 0 spiro atoms. The van der Waals surface area contributed by atoms with Gasteiger partial charge in [-0.1, -0.05) is 25.1 Å². The Balaban J connectivity index is 0.00000288. The highest BCUT2D eigenvalue weighted by molar-refractivity contribution is 14.0. The van der Waals surface area contributed by atoms with E-state index in [-0.39, 0.29) is 36.5 Å². The number of aliphatic hydroxyl groups excluding tert-OH is 1. The third-order valence-corrected chi connectivity index (χ3v) is 3.77. The first-order valence-electron chi connectivity index (χ1n) is 8.41. The van der Waals surface area contributed by atoms with Crippen LogP contribution in [-0.2, 0) is 6.54 Å². The molecule has 0 amide bonds. The van der Waals surface area contributed by atoms with Crippen molar-refractivity contribution >= 4 is 40.8 Å². The molecule has 0 aliphatic rings. The van der Waals surface area contributed by atoms with Crippen LogP contribution in [0.25, 0.3) is 10.9 Å². The fraction of sp³-hybridized carbons (Fsp3) is 0.500. The van der Waals surface area contributed by atoms with Crippen molar-refractivity contribution in [2.45, 2.75) is 26.8 Å². The van der Waals surface area contributed by atoms with Gasteiger partial charge in [0.15, 0.2) is 5.96 Å². The van der Waals surface area contributed by atoms with Gasteiger partial charge in [-0.15, -0.1) is 24.0 Å². The molecule has 1 heterocycles. The third-order valence-electron chi connectivity index (χ3n) is 3.77. The molecule has 0 saturated carbocycles. The van der Waals surface area contributed by atoms with E-state index in [1.807, 2.05) is 6.92 Å². The monoisotopic (exact) mass is 444 g/mol. The minimum Gasteiger partial charge on any atom is -0.396 e. The van der Waals surface area contributed by atoms with Gasteiger partial charge in [0.05, 0.1) is 0 Å². The number of para-hydroxylation sites is 1. The van der Waals surface area contributed by atoms with E-state index in [0.29, 0.717) is 6.54 Å². The molecule has 1 atom stereocenters. The van der Waals surface area contributed by atoms with Crippen molar-refractivity contribution in [1.82, 2.24) is 15.2 Å². The van der Waals surface area contributed by atoms with E-state index in [1.165, 1.54) is 10.9 Å². The molecule has 2 aromatic rings. The van der Waals surface area contributed by atoms with Crippen molar-refractivity contribution in [2.24, 2.45) is 10.9 Å². The van der Waals surface area contributed by atoms with Gasteiger partial charge in [-0.2, -0.15) is 0 Å². The highest BCUT2D eigenvalue weighted by Gasteiger charge is 2.02. The van der Waals surface area contributed by atoms with E-state index in [1.54, 1.807) is 0 Å². The standard InChI is InChI=1S/C18H28N4O.HI/c1-3-19-18(21-13-15(2)14-23)20-10-6-11-22-12-9-16-7-4-5-8-17(16)22;/h4-5,7-9,12,15,23H,3,6,10-11,13-14H2,1-2H3,(H2,19,20,21);1H. The van der Waals surface area contributed by atoms with Gasteiger partial charge in [-0.25, -0.2) is 0 Å². The van der Waals surface area contributed by atoms with Crippen LogP contribution in [-0.4, -0.2) is 41.9 Å². The summed E-state index contributed by atoms with van der Waals surface area (Å²) in [7, 11) is 0. The van der Waals surface area contributed by atoms with Crippen LogP contribution < -0.4 is 10.6 Å². The van der Waals surface area contributed by atoms with Crippen LogP contribution in [0.3, 0.4) is 0 Å². The Kier molecular flexibility index (Phi) is 9.78. The summed E-state index contributed by atoms with van der Waals surface area (Å²) in [4.78, 5) is 4.50. The Bertz CT molecular complexity index is 626. The lowest BCUT2D eigenvalue weighted by atomic mass is 10.2. The van der Waals surface area contributed by atoms with E-state index in [9.17, 15) is 0 Å². The molecule has 24 heavy (non-hydrogen) atoms. The lowest BCUT2D eigenvalue weighted by molar-refractivity contribution is 0.241. The number of halogens is 1. The topological polar surface area (TPSA) is 61.6 Å². The molecule has 2 rings (SSSR count). The Hall–Kier alpha value is -1.28. The fourth-order valence-corrected chi connectivity index (χ4v) is 2.44. The first-order chi connectivity index (χ1) is 11.2. The summed E-state index contributed by atoms with van der Waals surface area (Å²) in [6, 6.07) is 10.6. The molecule has 1 aromatic carbocycles. The van der Waals surface area contributed by atoms with Crippen LogP contribution in [0.1, 0.15) is 20.3 Å². The Morgan fingerprint density at radius 1 is 1.25 bits per heavy atom. The number of nitrogens with zero attached hydrogens (tertiary/aromatic N) is 2. The lowest BCUT2D eigenvalue weighted by Gasteiger charge is -2.13. The molecule has 0 aliphatic heterocycles. The van der Waals surface area contributed by atoms with Crippen molar-refractivity contribution in [1.29, 1.82) is 0 Å². The molecule has 3 N–H and O–H groups in total. The zero-order valence-electron chi connectivity index (χ0n) is 14.5. The molecular weight excluding hydrogens is 415 g/mol. The smallest absolute Gasteiger partial charge is 0.191 e. The Morgan fingerprint density at radius 3 is 2.79 bits per heavy atom. The first-order valence-corrected chi connectivity index (χ1v) is 8.41. The largest absolute Gasteiger partial charge is 0.396 e. The molecule has 0 radical (unpaired) electrons. The predicted octanol–water partition coefficient (Wildman–Crippen LogP) is 2.83. The van der Waals surface area contributed by atoms with Crippen LogP contribution >= 0.6 is 24.0 Å². The van der Waals surface area contributed by atoms with Gasteiger partial charge in [0.1, 0.15) is 0 Å². The molecule has 1 aromatic heterocycles. The third kappa shape index (κ3) is 6.32. The van der Waals surface area contributed by atoms with Gasteiger partial charge in [0, 0.05) is 44.5 Å². The highest BCUT2D eigenvalue weighted by atomic mass is 127. The zero-order chi connectivity index (χ0) is 16.5. The summed E-state index contributed by atoms with van der Waals surface area (Å²) in [6.07, 6.45) is 3.17. The lowest BCUT2D eigenvalue weighted by Crippen LogP contribution is -2.38. The molecule has 5 nitrogen and oxygen atoms in total. The van der Waals surface area contributed by atoms with E-state index in [2.05, 4.69) is 63.6 Å². The number of aromatic nitrogens is 1. The number of fused-ring (bicyclic) bond motifs is 1. The predicted molar refractivity (Wildman–Crippen MR) is 112 cm³/mol. The zero-order valence-corrected chi connectivity index (χ0v) is 16.9. The Labute approximate surface area is 161 Å². The highest BCUT2D eigenvalue weighted by Crippen LogP contribution is 2.15. The van der Waals surface area contributed by atoms with Gasteiger partial charge >= 0.3 is 0 Å². The summed E-state index contributed by atoms with van der Waals surface area (Å²) in [5, 5.41) is 16.9. The number of nitrogens with one attached hydrogen (secondary N) is 2. The molecule has 0 aliphatic carbocycles. The quantitative estimate of drug-likeness (QED) is 0.254. The number of aliphatic imine (C=N–C) groups is 1. The second kappa shape index (κ2) is 11.3. The SMILES string of the molecule is CCNC(=NCC(C)CO)NCCCn1ccc2ccccc21.I. The normalized spacial score (nSPS) is 12.7. The summed E-state index contributed by atoms with van der Waals surface area (Å²) in [5.41, 5.74) is 1.28. The van der Waals surface area contributed by atoms with Gasteiger partial charge < -0.3 is 20.3 Å². The number of hydrogen-bond acceptors (Lipinski definition) is 2. The first kappa shape index (κ1) is 20.8. The number of guanidine groups is 1. The molecule has 0 bridgehead atoms. The minimum atomic E-state index is 0. The maximum absolute atomic E-state index is 9.07. The van der Waals surface area contributed by atoms with E-state index < -0.39 is 0 Å². The number of hydrogen-bond donors (Lipinski definition) is 3. The van der Waals surface area contributed by atoms with Crippen molar-refractivity contribution in [3.8, 4) is 0 Å². The summed E-state index contributed by atoms with van der Waals surface area (Å²) >= 11 is 0. The van der Waals surface area contributed by atoms with Crippen molar-refractivity contribution in [2.75, 3.05) is 26.2 Å². The number of rotatable bonds is 8. The molecule has 0 fully saturated rings. The average Bonchev–Trinajstić information content (AvgIpc) is 2.99. The van der Waals surface area contributed by atoms with E-state index in [0.717, 1.165) is 32.0 Å². The second-order valence-electron chi connectivity index (χ2n) is 5.86. The maximum Gasteiger partial charge on any atom is 0.191 e. The van der Waals surface area contributed by atoms with Crippen LogP contribution in [0.15, 0.2) is 41.5 Å². The minimum absolute atomic E-state index is 0. The van der Waals surface area contributed by atoms with Crippen LogP contribution in [0.2, 0.25) is 0 Å². The van der Waals surface area contributed by atoms with Gasteiger partial charge in [0.2, 0.25) is 0 Å². The van der Waals surface area contributed by atoms with E-state index in [4.69, 9.17) is 5.11 Å². The van der Waals surface area contributed by atoms with Crippen molar-refractivity contribution in [3.05, 3.63) is 36.5 Å². The van der Waals surface area contributed by atoms with Gasteiger partial charge in [0.25, 0.3) is 0 Å². The molecule has 0 saturated heterocycles. The fourth-order valence-electron chi connectivity index (χ4n) is 2.44. The number of aryl methyl sites for hydroxylation is 1. The summed E-state index contributed by atoms with van der Waals surface area (Å²) in [6.45, 7) is 7.53. The molecular formula is C18H29IN4O. The summed E-state index contributed by atoms with van der Waals surface area (Å²) in [5.74, 6) is 1.02. The number of benzene rings is 1.